The van der Waals surface area contributed by atoms with E-state index >= 15 is 0 Å². The van der Waals surface area contributed by atoms with Crippen LogP contribution in [0.25, 0.3) is 0 Å². The maximum atomic E-state index is 8.55. The van der Waals surface area contributed by atoms with Crippen molar-refractivity contribution >= 4 is 0 Å². The van der Waals surface area contributed by atoms with E-state index < -0.39 is 0 Å². The Morgan fingerprint density at radius 3 is 2.38 bits per heavy atom. The molecule has 0 aromatic rings. The van der Waals surface area contributed by atoms with E-state index in [0.29, 0.717) is 0 Å². The zero-order valence-electron chi connectivity index (χ0n) is 14.7. The highest BCUT2D eigenvalue weighted by Gasteiger charge is 2.11. The molecule has 1 aliphatic carbocycles. The van der Waals surface area contributed by atoms with Crippen molar-refractivity contribution in [3.8, 4) is 0 Å². The number of rotatable bonds is 5. The lowest BCUT2D eigenvalue weighted by atomic mass is 9.86. The van der Waals surface area contributed by atoms with E-state index in [2.05, 4.69) is 53.3 Å². The van der Waals surface area contributed by atoms with Gasteiger partial charge >= 0.3 is 0 Å². The van der Waals surface area contributed by atoms with Crippen molar-refractivity contribution in [1.29, 1.82) is 0 Å². The fraction of sp³-hybridized carbons (Fsp3) is 0.600. The first kappa shape index (κ1) is 19.9. The van der Waals surface area contributed by atoms with Gasteiger partial charge in [-0.3, -0.25) is 0 Å². The summed E-state index contributed by atoms with van der Waals surface area (Å²) in [4.78, 5) is 0. The Labute approximate surface area is 132 Å². The van der Waals surface area contributed by atoms with E-state index in [1.165, 1.54) is 36.0 Å². The van der Waals surface area contributed by atoms with Gasteiger partial charge < -0.3 is 5.11 Å². The molecule has 0 heterocycles. The summed E-state index contributed by atoms with van der Waals surface area (Å²) in [6.07, 6.45) is 12.4. The quantitative estimate of drug-likeness (QED) is 0.617. The van der Waals surface area contributed by atoms with Crippen LogP contribution < -0.4 is 0 Å². The van der Waals surface area contributed by atoms with Crippen LogP contribution in [0.2, 0.25) is 0 Å². The largest absolute Gasteiger partial charge is 0.392 e. The Morgan fingerprint density at radius 2 is 1.95 bits per heavy atom. The van der Waals surface area contributed by atoms with Crippen LogP contribution in [0, 0.1) is 5.92 Å². The zero-order chi connectivity index (χ0) is 16.3. The van der Waals surface area contributed by atoms with Crippen molar-refractivity contribution < 1.29 is 5.11 Å². The van der Waals surface area contributed by atoms with E-state index in [9.17, 15) is 0 Å². The SMILES string of the molecule is C=C(C)C1CC=C(C)CC1.CC(C)=CCC/C(C)=C/CO. The van der Waals surface area contributed by atoms with Gasteiger partial charge in [0, 0.05) is 0 Å². The second-order valence-electron chi connectivity index (χ2n) is 6.42. The third-order valence-corrected chi connectivity index (χ3v) is 3.87. The van der Waals surface area contributed by atoms with Crippen LogP contribution in [-0.4, -0.2) is 11.7 Å². The van der Waals surface area contributed by atoms with Crippen LogP contribution in [-0.2, 0) is 0 Å². The Kier molecular flexibility index (Phi) is 11.0. The highest BCUT2D eigenvalue weighted by Crippen LogP contribution is 2.27. The molecule has 0 amide bonds. The monoisotopic (exact) mass is 290 g/mol. The zero-order valence-corrected chi connectivity index (χ0v) is 14.7. The molecule has 1 rings (SSSR count). The Bertz CT molecular complexity index is 392. The van der Waals surface area contributed by atoms with E-state index in [1.54, 1.807) is 5.57 Å². The predicted octanol–water partition coefficient (Wildman–Crippen LogP) is 5.98. The number of aliphatic hydroxyl groups excluding tert-OH is 1. The second-order valence-corrected chi connectivity index (χ2v) is 6.42. The fourth-order valence-electron chi connectivity index (χ4n) is 2.26. The normalized spacial score (nSPS) is 18.3. The summed E-state index contributed by atoms with van der Waals surface area (Å²) < 4.78 is 0. The van der Waals surface area contributed by atoms with Gasteiger partial charge in [0.2, 0.25) is 0 Å². The fourth-order valence-corrected chi connectivity index (χ4v) is 2.26. The van der Waals surface area contributed by atoms with E-state index in [1.807, 2.05) is 6.08 Å². The molecule has 0 fully saturated rings. The van der Waals surface area contributed by atoms with E-state index in [4.69, 9.17) is 5.11 Å². The molecule has 0 aromatic carbocycles. The van der Waals surface area contributed by atoms with Crippen LogP contribution in [0.3, 0.4) is 0 Å². The predicted molar refractivity (Wildman–Crippen MR) is 95.4 cm³/mol. The third-order valence-electron chi connectivity index (χ3n) is 3.87. The summed E-state index contributed by atoms with van der Waals surface area (Å²) in [5.41, 5.74) is 5.54. The molecular weight excluding hydrogens is 256 g/mol. The molecule has 120 valence electrons. The van der Waals surface area contributed by atoms with E-state index in [-0.39, 0.29) is 6.61 Å². The van der Waals surface area contributed by atoms with Gasteiger partial charge in [-0.1, -0.05) is 47.1 Å². The average Bonchev–Trinajstić information content (AvgIpc) is 2.39. The topological polar surface area (TPSA) is 20.2 Å². The number of hydrogen-bond donors (Lipinski definition) is 1. The van der Waals surface area contributed by atoms with Gasteiger partial charge in [-0.05, 0) is 72.6 Å². The maximum absolute atomic E-state index is 8.55. The minimum absolute atomic E-state index is 0.167. The highest BCUT2D eigenvalue weighted by atomic mass is 16.2. The minimum Gasteiger partial charge on any atom is -0.392 e. The molecule has 21 heavy (non-hydrogen) atoms. The molecule has 0 bridgehead atoms. The average molecular weight is 290 g/mol. The van der Waals surface area contributed by atoms with Crippen LogP contribution in [0.15, 0.2) is 47.1 Å². The molecule has 0 spiro atoms. The summed E-state index contributed by atoms with van der Waals surface area (Å²) in [6, 6.07) is 0. The van der Waals surface area contributed by atoms with Crippen molar-refractivity contribution in [2.45, 2.75) is 66.7 Å². The van der Waals surface area contributed by atoms with Gasteiger partial charge in [0.15, 0.2) is 0 Å². The van der Waals surface area contributed by atoms with Gasteiger partial charge in [-0.25, -0.2) is 0 Å². The van der Waals surface area contributed by atoms with Gasteiger partial charge in [0.1, 0.15) is 0 Å². The molecule has 0 aliphatic heterocycles. The molecule has 1 N–H and O–H groups in total. The molecule has 1 heteroatoms. The summed E-state index contributed by atoms with van der Waals surface area (Å²) in [5, 5.41) is 8.55. The second kappa shape index (κ2) is 11.6. The van der Waals surface area contributed by atoms with Crippen LogP contribution in [0.4, 0.5) is 0 Å². The molecule has 0 saturated heterocycles. The molecule has 1 nitrogen and oxygen atoms in total. The number of aliphatic hydroxyl groups is 1. The standard InChI is InChI=1S/C10H18O.C10H16/c1-9(2)5-4-6-10(3)7-8-11;1-8(2)10-6-4-9(3)5-7-10/h5,7,11H,4,6,8H2,1-3H3;4,10H,1,5-7H2,2-3H3/b10-7+;. The smallest absolute Gasteiger partial charge is 0.0614 e. The summed E-state index contributed by atoms with van der Waals surface area (Å²) in [5.74, 6) is 0.767. The lowest BCUT2D eigenvalue weighted by molar-refractivity contribution is 0.341. The lowest BCUT2D eigenvalue weighted by Gasteiger charge is -2.19. The molecule has 0 radical (unpaired) electrons. The molecule has 0 aromatic heterocycles. The number of allylic oxidation sites excluding steroid dienone is 6. The van der Waals surface area contributed by atoms with Crippen molar-refractivity contribution in [3.63, 3.8) is 0 Å². The molecule has 1 atom stereocenters. The van der Waals surface area contributed by atoms with Gasteiger partial charge in [-0.2, -0.15) is 0 Å². The first-order chi connectivity index (χ1) is 9.86. The van der Waals surface area contributed by atoms with Crippen molar-refractivity contribution in [1.82, 2.24) is 0 Å². The van der Waals surface area contributed by atoms with E-state index in [0.717, 1.165) is 18.8 Å². The first-order valence-corrected chi connectivity index (χ1v) is 8.07. The van der Waals surface area contributed by atoms with Crippen molar-refractivity contribution in [2.24, 2.45) is 5.92 Å². The molecule has 1 aliphatic rings. The summed E-state index contributed by atoms with van der Waals surface area (Å²) >= 11 is 0. The summed E-state index contributed by atoms with van der Waals surface area (Å²) in [7, 11) is 0. The Hall–Kier alpha value is -1.08. The molecular formula is C20H34O. The van der Waals surface area contributed by atoms with Crippen molar-refractivity contribution in [2.75, 3.05) is 6.61 Å². The molecule has 1 unspecified atom stereocenters. The van der Waals surface area contributed by atoms with Gasteiger partial charge in [0.05, 0.1) is 6.61 Å². The summed E-state index contributed by atoms with van der Waals surface area (Å²) in [6.45, 7) is 14.8. The van der Waals surface area contributed by atoms with Gasteiger partial charge in [0.25, 0.3) is 0 Å². The highest BCUT2D eigenvalue weighted by molar-refractivity contribution is 5.09. The lowest BCUT2D eigenvalue weighted by Crippen LogP contribution is -2.04. The molecule has 0 saturated carbocycles. The van der Waals surface area contributed by atoms with Crippen LogP contribution >= 0.6 is 0 Å². The first-order valence-electron chi connectivity index (χ1n) is 8.07. The Morgan fingerprint density at radius 1 is 1.29 bits per heavy atom. The van der Waals surface area contributed by atoms with Crippen LogP contribution in [0.1, 0.15) is 66.7 Å². The Balaban J connectivity index is 0.000000382. The van der Waals surface area contributed by atoms with Crippen LogP contribution in [0.5, 0.6) is 0 Å². The minimum atomic E-state index is 0.167. The number of hydrogen-bond acceptors (Lipinski definition) is 1. The van der Waals surface area contributed by atoms with Crippen molar-refractivity contribution in [3.05, 3.63) is 47.1 Å². The van der Waals surface area contributed by atoms with Gasteiger partial charge in [-0.15, -0.1) is 0 Å². The maximum Gasteiger partial charge on any atom is 0.0614 e. The third kappa shape index (κ3) is 11.3.